The number of carbonyl (C=O) groups excluding carboxylic acids is 1. The van der Waals surface area contributed by atoms with Gasteiger partial charge in [-0.15, -0.1) is 0 Å². The molecule has 0 aliphatic rings. The highest BCUT2D eigenvalue weighted by atomic mass is 16.6. The van der Waals surface area contributed by atoms with Gasteiger partial charge in [0.2, 0.25) is 0 Å². The van der Waals surface area contributed by atoms with Crippen molar-refractivity contribution in [3.63, 3.8) is 0 Å². The monoisotopic (exact) mass is 426 g/mol. The number of ether oxygens (including phenoxy) is 3. The minimum absolute atomic E-state index is 0.130. The van der Waals surface area contributed by atoms with Crippen molar-refractivity contribution >= 4 is 17.7 Å². The smallest absolute Gasteiger partial charge is 0.412 e. The average Bonchev–Trinajstić information content (AvgIpc) is 2.78. The van der Waals surface area contributed by atoms with Crippen LogP contribution >= 0.6 is 0 Å². The lowest BCUT2D eigenvalue weighted by Crippen LogP contribution is -2.27. The molecule has 0 unspecified atom stereocenters. The summed E-state index contributed by atoms with van der Waals surface area (Å²) in [5, 5.41) is 29.2. The quantitative estimate of drug-likeness (QED) is 0.493. The summed E-state index contributed by atoms with van der Waals surface area (Å²) >= 11 is 0. The van der Waals surface area contributed by atoms with E-state index < -0.39 is 24.3 Å². The Labute approximate surface area is 179 Å². The molecule has 2 rings (SSSR count). The highest BCUT2D eigenvalue weighted by molar-refractivity contribution is 5.85. The van der Waals surface area contributed by atoms with Crippen molar-refractivity contribution < 1.29 is 34.0 Å². The molecular weight excluding hydrogens is 404 g/mol. The average molecular weight is 426 g/mol. The molecule has 31 heavy (non-hydrogen) atoms. The van der Waals surface area contributed by atoms with E-state index in [9.17, 15) is 9.59 Å². The number of hydrogen-bond donors (Lipinski definition) is 3. The Bertz CT molecular complexity index is 934. The molecule has 2 aromatic rings. The number of nitrogens with one attached hydrogen (secondary N) is 1. The van der Waals surface area contributed by atoms with Gasteiger partial charge in [0.1, 0.15) is 18.5 Å². The molecule has 0 bridgehead atoms. The molecule has 162 valence electrons. The molecule has 0 saturated carbocycles. The van der Waals surface area contributed by atoms with E-state index in [-0.39, 0.29) is 13.2 Å². The number of nitriles is 1. The van der Waals surface area contributed by atoms with Crippen molar-refractivity contribution in [3.05, 3.63) is 71.8 Å². The number of carboxylic acid groups (broad SMARTS) is 1. The lowest BCUT2D eigenvalue weighted by molar-refractivity contribution is -0.131. The van der Waals surface area contributed by atoms with Gasteiger partial charge in [0, 0.05) is 18.9 Å². The molecule has 0 aliphatic carbocycles. The number of aliphatic hydroxyl groups excluding tert-OH is 1. The van der Waals surface area contributed by atoms with Crippen LogP contribution in [0, 0.1) is 11.3 Å². The topological polar surface area (TPSA) is 138 Å². The van der Waals surface area contributed by atoms with Gasteiger partial charge in [-0.25, -0.2) is 9.59 Å². The lowest BCUT2D eigenvalue weighted by atomic mass is 10.0. The standard InChI is InChI=1S/C22H22N2O7/c1-29-19(10-11-20(26)27)21(16-4-8-18(9-5-16)30-13-12-25)31-22(28)24-17-6-2-15(14-23)3-7-17/h2-11,19,21,25H,12-13H2,1H3,(H,24,28)(H,26,27)/b11-10+/t19-,21-/m0/s1. The zero-order valence-electron chi connectivity index (χ0n) is 16.7. The van der Waals surface area contributed by atoms with Gasteiger partial charge in [-0.3, -0.25) is 5.32 Å². The Morgan fingerprint density at radius 2 is 1.84 bits per heavy atom. The van der Waals surface area contributed by atoms with Crippen molar-refractivity contribution in [2.75, 3.05) is 25.6 Å². The van der Waals surface area contributed by atoms with Crippen LogP contribution in [-0.2, 0) is 14.3 Å². The van der Waals surface area contributed by atoms with Crippen molar-refractivity contribution in [2.45, 2.75) is 12.2 Å². The Hall–Kier alpha value is -3.87. The van der Waals surface area contributed by atoms with Crippen LogP contribution < -0.4 is 10.1 Å². The van der Waals surface area contributed by atoms with Crippen LogP contribution in [0.1, 0.15) is 17.2 Å². The molecule has 0 radical (unpaired) electrons. The van der Waals surface area contributed by atoms with Gasteiger partial charge in [-0.1, -0.05) is 12.1 Å². The molecule has 3 N–H and O–H groups in total. The summed E-state index contributed by atoms with van der Waals surface area (Å²) < 4.78 is 16.2. The molecule has 0 heterocycles. The van der Waals surface area contributed by atoms with Gasteiger partial charge < -0.3 is 24.4 Å². The van der Waals surface area contributed by atoms with Gasteiger partial charge in [-0.05, 0) is 48.0 Å². The first-order chi connectivity index (χ1) is 15.0. The highest BCUT2D eigenvalue weighted by Gasteiger charge is 2.26. The Kier molecular flexibility index (Phi) is 9.04. The van der Waals surface area contributed by atoms with Crippen molar-refractivity contribution in [2.24, 2.45) is 0 Å². The molecule has 0 aromatic heterocycles. The second kappa shape index (κ2) is 12.0. The van der Waals surface area contributed by atoms with E-state index >= 15 is 0 Å². The molecular formula is C22H22N2O7. The first-order valence-electron chi connectivity index (χ1n) is 9.22. The summed E-state index contributed by atoms with van der Waals surface area (Å²) in [6.07, 6.45) is -0.459. The number of benzene rings is 2. The van der Waals surface area contributed by atoms with Crippen LogP contribution in [0.25, 0.3) is 0 Å². The number of nitrogens with zero attached hydrogens (tertiary/aromatic N) is 1. The summed E-state index contributed by atoms with van der Waals surface area (Å²) in [6.45, 7) is 0.00303. The van der Waals surface area contributed by atoms with Gasteiger partial charge in [-0.2, -0.15) is 5.26 Å². The van der Waals surface area contributed by atoms with Crippen LogP contribution in [0.2, 0.25) is 0 Å². The summed E-state index contributed by atoms with van der Waals surface area (Å²) in [5.41, 5.74) is 1.40. The van der Waals surface area contributed by atoms with Crippen molar-refractivity contribution in [1.29, 1.82) is 5.26 Å². The maximum Gasteiger partial charge on any atom is 0.412 e. The highest BCUT2D eigenvalue weighted by Crippen LogP contribution is 2.27. The third-order valence-electron chi connectivity index (χ3n) is 4.06. The number of aliphatic carboxylic acids is 1. The molecule has 0 fully saturated rings. The lowest BCUT2D eigenvalue weighted by Gasteiger charge is -2.24. The van der Waals surface area contributed by atoms with Crippen molar-refractivity contribution in [3.8, 4) is 11.8 Å². The SMILES string of the molecule is CO[C@@H](/C=C/C(=O)O)[C@@H](OC(=O)Nc1ccc(C#N)cc1)c1ccc(OCCO)cc1. The molecule has 1 amide bonds. The fourth-order valence-corrected chi connectivity index (χ4v) is 2.61. The number of methoxy groups -OCH3 is 1. The molecule has 0 saturated heterocycles. The Morgan fingerprint density at radius 3 is 2.39 bits per heavy atom. The Morgan fingerprint density at radius 1 is 1.16 bits per heavy atom. The first kappa shape index (κ1) is 23.4. The van der Waals surface area contributed by atoms with E-state index in [1.165, 1.54) is 13.2 Å². The maximum atomic E-state index is 12.5. The number of amides is 1. The van der Waals surface area contributed by atoms with E-state index in [1.54, 1.807) is 48.5 Å². The summed E-state index contributed by atoms with van der Waals surface area (Å²) in [5.74, 6) is -0.663. The van der Waals surface area contributed by atoms with E-state index in [0.29, 0.717) is 22.6 Å². The second-order valence-electron chi connectivity index (χ2n) is 6.18. The molecule has 9 nitrogen and oxygen atoms in total. The fourth-order valence-electron chi connectivity index (χ4n) is 2.61. The molecule has 2 aromatic carbocycles. The summed E-state index contributed by atoms with van der Waals surface area (Å²) in [6, 6.07) is 14.7. The van der Waals surface area contributed by atoms with Crippen molar-refractivity contribution in [1.82, 2.24) is 0 Å². The van der Waals surface area contributed by atoms with E-state index in [2.05, 4.69) is 5.32 Å². The summed E-state index contributed by atoms with van der Waals surface area (Å²) in [4.78, 5) is 23.4. The Balaban J connectivity index is 2.22. The van der Waals surface area contributed by atoms with Crippen LogP contribution in [0.3, 0.4) is 0 Å². The number of anilines is 1. The normalized spacial score (nSPS) is 12.5. The van der Waals surface area contributed by atoms with E-state index in [4.69, 9.17) is 29.7 Å². The number of aliphatic hydroxyl groups is 1. The van der Waals surface area contributed by atoms with E-state index in [0.717, 1.165) is 6.08 Å². The second-order valence-corrected chi connectivity index (χ2v) is 6.18. The minimum atomic E-state index is -1.17. The predicted octanol–water partition coefficient (Wildman–Crippen LogP) is 2.87. The summed E-state index contributed by atoms with van der Waals surface area (Å²) in [7, 11) is 1.37. The number of carboxylic acids is 1. The van der Waals surface area contributed by atoms with Gasteiger partial charge in [0.15, 0.2) is 6.10 Å². The van der Waals surface area contributed by atoms with Crippen LogP contribution in [0.5, 0.6) is 5.75 Å². The fraction of sp³-hybridized carbons (Fsp3) is 0.227. The molecule has 0 spiro atoms. The van der Waals surface area contributed by atoms with Crippen LogP contribution in [0.15, 0.2) is 60.7 Å². The number of rotatable bonds is 10. The largest absolute Gasteiger partial charge is 0.491 e. The zero-order valence-corrected chi connectivity index (χ0v) is 16.7. The maximum absolute atomic E-state index is 12.5. The van der Waals surface area contributed by atoms with E-state index in [1.807, 2.05) is 6.07 Å². The minimum Gasteiger partial charge on any atom is -0.491 e. The van der Waals surface area contributed by atoms with Crippen LogP contribution in [0.4, 0.5) is 10.5 Å². The number of carbonyl (C=O) groups is 2. The predicted molar refractivity (Wildman–Crippen MR) is 111 cm³/mol. The third-order valence-corrected chi connectivity index (χ3v) is 4.06. The van der Waals surface area contributed by atoms with Gasteiger partial charge >= 0.3 is 12.1 Å². The zero-order chi connectivity index (χ0) is 22.6. The van der Waals surface area contributed by atoms with Crippen LogP contribution in [-0.4, -0.2) is 48.7 Å². The van der Waals surface area contributed by atoms with Gasteiger partial charge in [0.25, 0.3) is 0 Å². The van der Waals surface area contributed by atoms with Gasteiger partial charge in [0.05, 0.1) is 18.2 Å². The first-order valence-corrected chi connectivity index (χ1v) is 9.22. The third kappa shape index (κ3) is 7.47. The molecule has 0 aliphatic heterocycles. The molecule has 2 atom stereocenters. The number of hydrogen-bond acceptors (Lipinski definition) is 7. The molecule has 9 heteroatoms.